The third-order valence-electron chi connectivity index (χ3n) is 2.45. The van der Waals surface area contributed by atoms with E-state index in [1.54, 1.807) is 12.1 Å². The van der Waals surface area contributed by atoms with Gasteiger partial charge in [-0.2, -0.15) is 0 Å². The van der Waals surface area contributed by atoms with Crippen molar-refractivity contribution < 1.29 is 4.39 Å². The summed E-state index contributed by atoms with van der Waals surface area (Å²) in [4.78, 5) is 8.38. The van der Waals surface area contributed by atoms with Crippen molar-refractivity contribution in [3.8, 4) is 0 Å². The number of anilines is 3. The number of nitrogens with one attached hydrogen (secondary N) is 2. The molecule has 0 atom stereocenters. The molecule has 19 heavy (non-hydrogen) atoms. The Balaban J connectivity index is 2.37. The maximum atomic E-state index is 13.7. The summed E-state index contributed by atoms with van der Waals surface area (Å²) < 4.78 is 13.7. The number of halogens is 2. The minimum absolute atomic E-state index is 0.174. The topological polar surface area (TPSA) is 75.9 Å². The van der Waals surface area contributed by atoms with Gasteiger partial charge in [0.25, 0.3) is 0 Å². The van der Waals surface area contributed by atoms with E-state index in [-0.39, 0.29) is 10.7 Å². The fraction of sp³-hybridized carbons (Fsp3) is 0.167. The van der Waals surface area contributed by atoms with Gasteiger partial charge in [0.2, 0.25) is 0 Å². The van der Waals surface area contributed by atoms with Crippen LogP contribution in [0.3, 0.4) is 0 Å². The molecule has 0 aliphatic rings. The van der Waals surface area contributed by atoms with E-state index in [2.05, 4.69) is 20.7 Å². The molecule has 0 radical (unpaired) electrons. The van der Waals surface area contributed by atoms with Crippen LogP contribution in [0.25, 0.3) is 0 Å². The SMILES string of the molecule is CCc1nc(NN)cc(Nc2c(F)cccc2Cl)n1. The van der Waals surface area contributed by atoms with E-state index >= 15 is 0 Å². The quantitative estimate of drug-likeness (QED) is 0.593. The van der Waals surface area contributed by atoms with Crippen molar-refractivity contribution in [3.63, 3.8) is 0 Å². The molecule has 0 aliphatic heterocycles. The summed E-state index contributed by atoms with van der Waals surface area (Å²) in [5.74, 6) is 6.33. The van der Waals surface area contributed by atoms with Gasteiger partial charge in [0.1, 0.15) is 23.3 Å². The van der Waals surface area contributed by atoms with Gasteiger partial charge in [0, 0.05) is 12.5 Å². The van der Waals surface area contributed by atoms with Crippen LogP contribution in [0.4, 0.5) is 21.7 Å². The van der Waals surface area contributed by atoms with E-state index in [1.807, 2.05) is 6.92 Å². The van der Waals surface area contributed by atoms with Gasteiger partial charge in [-0.25, -0.2) is 20.2 Å². The van der Waals surface area contributed by atoms with E-state index in [4.69, 9.17) is 17.4 Å². The van der Waals surface area contributed by atoms with E-state index in [0.717, 1.165) is 0 Å². The number of aryl methyl sites for hydroxylation is 1. The number of nitrogen functional groups attached to an aromatic ring is 1. The first-order chi connectivity index (χ1) is 9.13. The Bertz CT molecular complexity index is 548. The summed E-state index contributed by atoms with van der Waals surface area (Å²) in [6, 6.07) is 6.02. The van der Waals surface area contributed by atoms with E-state index in [1.165, 1.54) is 12.1 Å². The molecule has 0 saturated carbocycles. The molecule has 0 aliphatic carbocycles. The molecule has 0 saturated heterocycles. The zero-order chi connectivity index (χ0) is 13.8. The molecule has 5 nitrogen and oxygen atoms in total. The Morgan fingerprint density at radius 1 is 1.32 bits per heavy atom. The highest BCUT2D eigenvalue weighted by Gasteiger charge is 2.09. The molecule has 100 valence electrons. The van der Waals surface area contributed by atoms with E-state index in [0.29, 0.717) is 23.9 Å². The van der Waals surface area contributed by atoms with Crippen molar-refractivity contribution in [1.82, 2.24) is 9.97 Å². The number of hydrazine groups is 1. The van der Waals surface area contributed by atoms with Crippen LogP contribution in [0.5, 0.6) is 0 Å². The monoisotopic (exact) mass is 281 g/mol. The minimum Gasteiger partial charge on any atom is -0.336 e. The Labute approximate surface area is 115 Å². The van der Waals surface area contributed by atoms with Crippen molar-refractivity contribution in [2.24, 2.45) is 5.84 Å². The summed E-state index contributed by atoms with van der Waals surface area (Å²) in [5.41, 5.74) is 2.61. The van der Waals surface area contributed by atoms with Gasteiger partial charge in [-0.3, -0.25) is 0 Å². The Morgan fingerprint density at radius 2 is 2.05 bits per heavy atom. The lowest BCUT2D eigenvalue weighted by molar-refractivity contribution is 0.632. The molecular formula is C12H13ClFN5. The normalized spacial score (nSPS) is 10.3. The lowest BCUT2D eigenvalue weighted by Gasteiger charge is -2.11. The molecule has 1 aromatic heterocycles. The van der Waals surface area contributed by atoms with Crippen LogP contribution in [-0.2, 0) is 6.42 Å². The van der Waals surface area contributed by atoms with Crippen LogP contribution < -0.4 is 16.6 Å². The van der Waals surface area contributed by atoms with Crippen LogP contribution in [-0.4, -0.2) is 9.97 Å². The highest BCUT2D eigenvalue weighted by atomic mass is 35.5. The molecule has 0 spiro atoms. The number of nitrogens with two attached hydrogens (primary N) is 1. The van der Waals surface area contributed by atoms with Crippen molar-refractivity contribution in [2.45, 2.75) is 13.3 Å². The molecule has 0 unspecified atom stereocenters. The summed E-state index contributed by atoms with van der Waals surface area (Å²) in [6.45, 7) is 1.91. The molecular weight excluding hydrogens is 269 g/mol. The van der Waals surface area contributed by atoms with Gasteiger partial charge in [-0.05, 0) is 12.1 Å². The zero-order valence-corrected chi connectivity index (χ0v) is 11.0. The molecule has 2 rings (SSSR count). The van der Waals surface area contributed by atoms with Crippen molar-refractivity contribution >= 4 is 28.9 Å². The van der Waals surface area contributed by atoms with Crippen LogP contribution in [0.2, 0.25) is 5.02 Å². The van der Waals surface area contributed by atoms with Gasteiger partial charge < -0.3 is 10.7 Å². The van der Waals surface area contributed by atoms with Crippen LogP contribution in [0.15, 0.2) is 24.3 Å². The summed E-state index contributed by atoms with van der Waals surface area (Å²) in [5, 5.41) is 3.11. The number of aromatic nitrogens is 2. The first-order valence-electron chi connectivity index (χ1n) is 5.69. The molecule has 2 aromatic rings. The smallest absolute Gasteiger partial charge is 0.148 e. The van der Waals surface area contributed by atoms with E-state index < -0.39 is 5.82 Å². The number of rotatable bonds is 4. The van der Waals surface area contributed by atoms with Crippen LogP contribution in [0.1, 0.15) is 12.7 Å². The highest BCUT2D eigenvalue weighted by Crippen LogP contribution is 2.27. The third-order valence-corrected chi connectivity index (χ3v) is 2.77. The first kappa shape index (κ1) is 13.5. The average molecular weight is 282 g/mol. The lowest BCUT2D eigenvalue weighted by Crippen LogP contribution is -2.11. The number of nitrogens with zero attached hydrogens (tertiary/aromatic N) is 2. The Hall–Kier alpha value is -1.92. The maximum Gasteiger partial charge on any atom is 0.148 e. The minimum atomic E-state index is -0.452. The fourth-order valence-electron chi connectivity index (χ4n) is 1.54. The molecule has 4 N–H and O–H groups in total. The molecule has 7 heteroatoms. The predicted molar refractivity (Wildman–Crippen MR) is 73.9 cm³/mol. The van der Waals surface area contributed by atoms with Gasteiger partial charge in [-0.15, -0.1) is 0 Å². The average Bonchev–Trinajstić information content (AvgIpc) is 2.42. The predicted octanol–water partition coefficient (Wildman–Crippen LogP) is 2.86. The molecule has 0 amide bonds. The summed E-state index contributed by atoms with van der Waals surface area (Å²) in [6.07, 6.45) is 0.634. The molecule has 1 aromatic carbocycles. The third kappa shape index (κ3) is 3.10. The Kier molecular flexibility index (Phi) is 4.13. The number of benzene rings is 1. The molecule has 0 bridgehead atoms. The van der Waals surface area contributed by atoms with Crippen molar-refractivity contribution in [3.05, 3.63) is 40.9 Å². The Morgan fingerprint density at radius 3 is 2.68 bits per heavy atom. The maximum absolute atomic E-state index is 13.7. The largest absolute Gasteiger partial charge is 0.336 e. The number of para-hydroxylation sites is 1. The van der Waals surface area contributed by atoms with Crippen molar-refractivity contribution in [2.75, 3.05) is 10.7 Å². The van der Waals surface area contributed by atoms with Gasteiger partial charge in [0.15, 0.2) is 0 Å². The molecule has 0 fully saturated rings. The fourth-order valence-corrected chi connectivity index (χ4v) is 1.75. The first-order valence-corrected chi connectivity index (χ1v) is 6.07. The lowest BCUT2D eigenvalue weighted by atomic mass is 10.3. The molecule has 1 heterocycles. The number of hydrogen-bond donors (Lipinski definition) is 3. The number of hydrogen-bond acceptors (Lipinski definition) is 5. The van der Waals surface area contributed by atoms with Crippen LogP contribution in [0, 0.1) is 5.82 Å². The van der Waals surface area contributed by atoms with Gasteiger partial charge in [0.05, 0.1) is 10.7 Å². The van der Waals surface area contributed by atoms with Gasteiger partial charge in [-0.1, -0.05) is 24.6 Å². The second-order valence-corrected chi connectivity index (χ2v) is 4.18. The van der Waals surface area contributed by atoms with E-state index in [9.17, 15) is 4.39 Å². The van der Waals surface area contributed by atoms with Gasteiger partial charge >= 0.3 is 0 Å². The standard InChI is InChI=1S/C12H13ClFN5/c1-2-9-16-10(6-11(17-9)19-15)18-12-7(13)4-3-5-8(12)14/h3-6H,2,15H2,1H3,(H2,16,17,18,19). The second kappa shape index (κ2) is 5.81. The second-order valence-electron chi connectivity index (χ2n) is 3.77. The summed E-state index contributed by atoms with van der Waals surface area (Å²) >= 11 is 5.94. The van der Waals surface area contributed by atoms with Crippen molar-refractivity contribution in [1.29, 1.82) is 0 Å². The highest BCUT2D eigenvalue weighted by molar-refractivity contribution is 6.33. The zero-order valence-electron chi connectivity index (χ0n) is 10.2. The summed E-state index contributed by atoms with van der Waals surface area (Å²) in [7, 11) is 0. The van der Waals surface area contributed by atoms with Crippen LogP contribution >= 0.6 is 11.6 Å².